The minimum absolute atomic E-state index is 0.185. The molecule has 2 aromatic carbocycles. The van der Waals surface area contributed by atoms with E-state index in [1.165, 1.54) is 18.2 Å². The van der Waals surface area contributed by atoms with E-state index in [0.717, 1.165) is 5.56 Å². The molecule has 0 aliphatic carbocycles. The van der Waals surface area contributed by atoms with Crippen molar-refractivity contribution in [2.24, 2.45) is 0 Å². The fraction of sp³-hybridized carbons (Fsp3) is 0.0769. The lowest BCUT2D eigenvalue weighted by molar-refractivity contribution is 0.304. The van der Waals surface area contributed by atoms with Crippen LogP contribution in [0.1, 0.15) is 5.56 Å². The molecule has 0 saturated heterocycles. The van der Waals surface area contributed by atoms with E-state index in [9.17, 15) is 4.39 Å². The third kappa shape index (κ3) is 2.97. The van der Waals surface area contributed by atoms with Gasteiger partial charge in [-0.25, -0.2) is 4.39 Å². The van der Waals surface area contributed by atoms with Gasteiger partial charge in [0.15, 0.2) is 0 Å². The zero-order valence-corrected chi connectivity index (χ0v) is 10.4. The van der Waals surface area contributed by atoms with E-state index < -0.39 is 0 Å². The normalized spacial score (nSPS) is 10.2. The first-order chi connectivity index (χ1) is 8.16. The number of halogens is 2. The zero-order valence-electron chi connectivity index (χ0n) is 8.86. The van der Waals surface area contributed by atoms with Crippen LogP contribution in [0, 0.1) is 5.82 Å². The van der Waals surface area contributed by atoms with Crippen LogP contribution >= 0.6 is 15.9 Å². The lowest BCUT2D eigenvalue weighted by Gasteiger charge is -2.08. The Labute approximate surface area is 107 Å². The van der Waals surface area contributed by atoms with Crippen molar-refractivity contribution in [2.45, 2.75) is 6.61 Å². The molecule has 1 N–H and O–H groups in total. The van der Waals surface area contributed by atoms with Crippen LogP contribution in [-0.4, -0.2) is 5.11 Å². The van der Waals surface area contributed by atoms with Gasteiger partial charge >= 0.3 is 0 Å². The molecule has 0 radical (unpaired) electrons. The van der Waals surface area contributed by atoms with Crippen molar-refractivity contribution in [2.75, 3.05) is 0 Å². The number of benzene rings is 2. The summed E-state index contributed by atoms with van der Waals surface area (Å²) in [5, 5.41) is 9.11. The monoisotopic (exact) mass is 296 g/mol. The summed E-state index contributed by atoms with van der Waals surface area (Å²) in [4.78, 5) is 0. The molecule has 0 amide bonds. The Bertz CT molecular complexity index is 511. The second-order valence-electron chi connectivity index (χ2n) is 3.50. The molecule has 0 spiro atoms. The Kier molecular flexibility index (Phi) is 3.64. The number of phenolic OH excluding ortho intramolecular Hbond substituents is 1. The first kappa shape index (κ1) is 11.9. The van der Waals surface area contributed by atoms with Gasteiger partial charge < -0.3 is 9.84 Å². The molecule has 0 aliphatic rings. The van der Waals surface area contributed by atoms with E-state index in [0.29, 0.717) is 10.2 Å². The van der Waals surface area contributed by atoms with Gasteiger partial charge in [-0.2, -0.15) is 0 Å². The third-order valence-corrected chi connectivity index (χ3v) is 3.15. The predicted molar refractivity (Wildman–Crippen MR) is 66.5 cm³/mol. The highest BCUT2D eigenvalue weighted by molar-refractivity contribution is 9.10. The summed E-state index contributed by atoms with van der Waals surface area (Å²) in [6.45, 7) is 0.267. The Balaban J connectivity index is 2.07. The van der Waals surface area contributed by atoms with Gasteiger partial charge in [0, 0.05) is 5.56 Å². The summed E-state index contributed by atoms with van der Waals surface area (Å²) < 4.78 is 19.1. The summed E-state index contributed by atoms with van der Waals surface area (Å²) in [6.07, 6.45) is 0. The smallest absolute Gasteiger partial charge is 0.137 e. The largest absolute Gasteiger partial charge is 0.508 e. The zero-order chi connectivity index (χ0) is 12.3. The van der Waals surface area contributed by atoms with Crippen LogP contribution in [0.4, 0.5) is 4.39 Å². The molecule has 2 nitrogen and oxygen atoms in total. The fourth-order valence-corrected chi connectivity index (χ4v) is 1.74. The average Bonchev–Trinajstić information content (AvgIpc) is 2.33. The minimum atomic E-state index is -0.309. The van der Waals surface area contributed by atoms with Gasteiger partial charge in [0.25, 0.3) is 0 Å². The van der Waals surface area contributed by atoms with E-state index in [-0.39, 0.29) is 18.2 Å². The van der Waals surface area contributed by atoms with Crippen LogP contribution in [0.5, 0.6) is 11.5 Å². The number of hydrogen-bond acceptors (Lipinski definition) is 2. The highest BCUT2D eigenvalue weighted by atomic mass is 79.9. The molecule has 0 atom stereocenters. The van der Waals surface area contributed by atoms with Crippen molar-refractivity contribution in [3.05, 3.63) is 58.3 Å². The first-order valence-corrected chi connectivity index (χ1v) is 5.81. The van der Waals surface area contributed by atoms with E-state index in [2.05, 4.69) is 15.9 Å². The summed E-state index contributed by atoms with van der Waals surface area (Å²) in [7, 11) is 0. The van der Waals surface area contributed by atoms with Gasteiger partial charge in [-0.1, -0.05) is 12.1 Å². The van der Waals surface area contributed by atoms with Gasteiger partial charge in [-0.15, -0.1) is 0 Å². The Hall–Kier alpha value is -1.55. The highest BCUT2D eigenvalue weighted by Crippen LogP contribution is 2.23. The molecule has 88 valence electrons. The molecule has 4 heteroatoms. The van der Waals surface area contributed by atoms with Crippen LogP contribution in [-0.2, 0) is 6.61 Å². The standard InChI is InChI=1S/C13H10BrFO2/c14-13-9(2-1-3-12(13)15)8-17-11-6-4-10(16)5-7-11/h1-7,16H,8H2. The molecular weight excluding hydrogens is 287 g/mol. The number of rotatable bonds is 3. The van der Waals surface area contributed by atoms with Crippen LogP contribution in [0.15, 0.2) is 46.9 Å². The molecular formula is C13H10BrFO2. The maximum atomic E-state index is 13.2. The van der Waals surface area contributed by atoms with Gasteiger partial charge in [0.2, 0.25) is 0 Å². The Morgan fingerprint density at radius 1 is 1.12 bits per heavy atom. The molecule has 2 aromatic rings. The SMILES string of the molecule is Oc1ccc(OCc2cccc(F)c2Br)cc1. The molecule has 2 rings (SSSR count). The summed E-state index contributed by atoms with van der Waals surface area (Å²) >= 11 is 3.17. The molecule has 17 heavy (non-hydrogen) atoms. The van der Waals surface area contributed by atoms with Crippen LogP contribution in [0.2, 0.25) is 0 Å². The highest BCUT2D eigenvalue weighted by Gasteiger charge is 2.05. The lowest BCUT2D eigenvalue weighted by atomic mass is 10.2. The Morgan fingerprint density at radius 2 is 1.82 bits per heavy atom. The molecule has 0 aliphatic heterocycles. The van der Waals surface area contributed by atoms with Crippen molar-refractivity contribution in [3.8, 4) is 11.5 Å². The minimum Gasteiger partial charge on any atom is -0.508 e. The molecule has 0 heterocycles. The van der Waals surface area contributed by atoms with Crippen LogP contribution in [0.25, 0.3) is 0 Å². The fourth-order valence-electron chi connectivity index (χ4n) is 1.36. The molecule has 0 saturated carbocycles. The van der Waals surface area contributed by atoms with Gasteiger partial charge in [0.1, 0.15) is 23.9 Å². The lowest BCUT2D eigenvalue weighted by Crippen LogP contribution is -1.97. The van der Waals surface area contributed by atoms with E-state index in [1.807, 2.05) is 0 Å². The maximum Gasteiger partial charge on any atom is 0.137 e. The predicted octanol–water partition coefficient (Wildman–Crippen LogP) is 3.87. The molecule has 0 fully saturated rings. The molecule has 0 aromatic heterocycles. The van der Waals surface area contributed by atoms with E-state index in [4.69, 9.17) is 9.84 Å². The van der Waals surface area contributed by atoms with Crippen molar-refractivity contribution < 1.29 is 14.2 Å². The summed E-state index contributed by atoms with van der Waals surface area (Å²) in [6, 6.07) is 11.2. The van der Waals surface area contributed by atoms with Crippen molar-refractivity contribution in [1.29, 1.82) is 0 Å². The van der Waals surface area contributed by atoms with Crippen LogP contribution < -0.4 is 4.74 Å². The molecule has 0 unspecified atom stereocenters. The van der Waals surface area contributed by atoms with Crippen molar-refractivity contribution >= 4 is 15.9 Å². The third-order valence-electron chi connectivity index (χ3n) is 2.26. The Morgan fingerprint density at radius 3 is 2.53 bits per heavy atom. The van der Waals surface area contributed by atoms with Crippen molar-refractivity contribution in [1.82, 2.24) is 0 Å². The van der Waals surface area contributed by atoms with E-state index in [1.54, 1.807) is 24.3 Å². The topological polar surface area (TPSA) is 29.5 Å². The van der Waals surface area contributed by atoms with Gasteiger partial charge in [-0.05, 0) is 46.3 Å². The maximum absolute atomic E-state index is 13.2. The number of hydrogen-bond donors (Lipinski definition) is 1. The van der Waals surface area contributed by atoms with Crippen molar-refractivity contribution in [3.63, 3.8) is 0 Å². The quantitative estimate of drug-likeness (QED) is 0.931. The summed E-state index contributed by atoms with van der Waals surface area (Å²) in [5.74, 6) is 0.500. The van der Waals surface area contributed by atoms with Gasteiger partial charge in [0.05, 0.1) is 4.47 Å². The van der Waals surface area contributed by atoms with E-state index >= 15 is 0 Å². The van der Waals surface area contributed by atoms with Gasteiger partial charge in [-0.3, -0.25) is 0 Å². The van der Waals surface area contributed by atoms with Crippen LogP contribution in [0.3, 0.4) is 0 Å². The second-order valence-corrected chi connectivity index (χ2v) is 4.29. The number of aromatic hydroxyl groups is 1. The average molecular weight is 297 g/mol. The number of ether oxygens (including phenoxy) is 1. The first-order valence-electron chi connectivity index (χ1n) is 5.01. The number of phenols is 1. The molecule has 0 bridgehead atoms. The summed E-state index contributed by atoms with van der Waals surface area (Å²) in [5.41, 5.74) is 0.734. The second kappa shape index (κ2) is 5.19.